The zero-order valence-electron chi connectivity index (χ0n) is 14.9. The van der Waals surface area contributed by atoms with Crippen LogP contribution in [0.5, 0.6) is 0 Å². The van der Waals surface area contributed by atoms with Crippen molar-refractivity contribution in [2.24, 2.45) is 17.6 Å². The third-order valence-corrected chi connectivity index (χ3v) is 5.12. The molecule has 1 aliphatic carbocycles. The van der Waals surface area contributed by atoms with Crippen LogP contribution in [-0.2, 0) is 11.3 Å². The van der Waals surface area contributed by atoms with Crippen molar-refractivity contribution < 1.29 is 9.53 Å². The van der Waals surface area contributed by atoms with Gasteiger partial charge in [0.05, 0.1) is 0 Å². The first-order valence-electron chi connectivity index (χ1n) is 9.40. The van der Waals surface area contributed by atoms with E-state index in [4.69, 9.17) is 10.5 Å². The molecule has 1 fully saturated rings. The largest absolute Gasteiger partial charge is 0.445 e. The Morgan fingerprint density at radius 3 is 2.62 bits per heavy atom. The van der Waals surface area contributed by atoms with Crippen molar-refractivity contribution in [2.45, 2.75) is 64.5 Å². The Morgan fingerprint density at radius 1 is 1.25 bits per heavy atom. The number of hydrogen-bond acceptors (Lipinski definition) is 3. The molecule has 4 heteroatoms. The number of ether oxygens (including phenoxy) is 1. The van der Waals surface area contributed by atoms with Crippen LogP contribution < -0.4 is 11.1 Å². The van der Waals surface area contributed by atoms with Crippen molar-refractivity contribution in [3.8, 4) is 0 Å². The highest BCUT2D eigenvalue weighted by molar-refractivity contribution is 5.67. The van der Waals surface area contributed by atoms with E-state index in [1.807, 2.05) is 30.3 Å². The van der Waals surface area contributed by atoms with Gasteiger partial charge in [0.1, 0.15) is 6.61 Å². The summed E-state index contributed by atoms with van der Waals surface area (Å²) in [6, 6.07) is 9.72. The minimum Gasteiger partial charge on any atom is -0.445 e. The molecule has 1 saturated carbocycles. The number of amides is 1. The van der Waals surface area contributed by atoms with Crippen molar-refractivity contribution in [1.82, 2.24) is 5.32 Å². The van der Waals surface area contributed by atoms with E-state index >= 15 is 0 Å². The molecule has 0 aromatic heterocycles. The standard InChI is InChI=1S/C20H32N2O2/c1-2-9-18(17-12-7-4-8-13-17)19(21)14-22-20(23)24-15-16-10-5-3-6-11-16/h3,5-6,10-11,17-19H,2,4,7-9,12-15,21H2,1H3,(H,22,23)/t18-,19+/m0/s1. The van der Waals surface area contributed by atoms with E-state index in [9.17, 15) is 4.79 Å². The number of nitrogens with two attached hydrogens (primary N) is 1. The quantitative estimate of drug-likeness (QED) is 0.748. The molecule has 134 valence electrons. The Kier molecular flexibility index (Phi) is 8.10. The van der Waals surface area contributed by atoms with E-state index in [-0.39, 0.29) is 12.1 Å². The highest BCUT2D eigenvalue weighted by atomic mass is 16.5. The molecule has 2 atom stereocenters. The Morgan fingerprint density at radius 2 is 1.96 bits per heavy atom. The molecule has 1 amide bonds. The zero-order chi connectivity index (χ0) is 17.2. The molecule has 3 N–H and O–H groups in total. The van der Waals surface area contributed by atoms with Crippen molar-refractivity contribution in [3.63, 3.8) is 0 Å². The lowest BCUT2D eigenvalue weighted by Crippen LogP contribution is -2.45. The Balaban J connectivity index is 1.74. The third kappa shape index (κ3) is 6.16. The normalized spacial score (nSPS) is 17.9. The number of carbonyl (C=O) groups excluding carboxylic acids is 1. The molecule has 0 saturated heterocycles. The van der Waals surface area contributed by atoms with Gasteiger partial charge in [0.25, 0.3) is 0 Å². The van der Waals surface area contributed by atoms with Crippen LogP contribution in [0.1, 0.15) is 57.4 Å². The first-order valence-corrected chi connectivity index (χ1v) is 9.40. The van der Waals surface area contributed by atoms with Crippen molar-refractivity contribution in [2.75, 3.05) is 6.54 Å². The van der Waals surface area contributed by atoms with Crippen molar-refractivity contribution in [3.05, 3.63) is 35.9 Å². The molecule has 0 aliphatic heterocycles. The van der Waals surface area contributed by atoms with Crippen LogP contribution in [-0.4, -0.2) is 18.7 Å². The van der Waals surface area contributed by atoms with Gasteiger partial charge in [0.2, 0.25) is 0 Å². The summed E-state index contributed by atoms with van der Waals surface area (Å²) in [5.74, 6) is 1.22. The number of hydrogen-bond donors (Lipinski definition) is 2. The molecule has 0 heterocycles. The van der Waals surface area contributed by atoms with Gasteiger partial charge in [-0.15, -0.1) is 0 Å². The summed E-state index contributed by atoms with van der Waals surface area (Å²) in [5.41, 5.74) is 7.41. The van der Waals surface area contributed by atoms with Gasteiger partial charge in [-0.05, 0) is 23.8 Å². The molecule has 24 heavy (non-hydrogen) atoms. The van der Waals surface area contributed by atoms with Crippen LogP contribution in [0.3, 0.4) is 0 Å². The van der Waals surface area contributed by atoms with Crippen LogP contribution in [0.2, 0.25) is 0 Å². The van der Waals surface area contributed by atoms with Gasteiger partial charge in [0, 0.05) is 12.6 Å². The lowest BCUT2D eigenvalue weighted by atomic mass is 9.75. The minimum absolute atomic E-state index is 0.0114. The fourth-order valence-corrected chi connectivity index (χ4v) is 3.82. The second-order valence-electron chi connectivity index (χ2n) is 6.96. The summed E-state index contributed by atoms with van der Waals surface area (Å²) in [6.45, 7) is 3.00. The van der Waals surface area contributed by atoms with Gasteiger partial charge in [-0.2, -0.15) is 0 Å². The number of nitrogens with one attached hydrogen (secondary N) is 1. The van der Waals surface area contributed by atoms with E-state index < -0.39 is 0 Å². The van der Waals surface area contributed by atoms with E-state index in [1.54, 1.807) is 0 Å². The van der Waals surface area contributed by atoms with Gasteiger partial charge in [-0.3, -0.25) is 0 Å². The van der Waals surface area contributed by atoms with E-state index in [0.717, 1.165) is 24.3 Å². The smallest absolute Gasteiger partial charge is 0.407 e. The molecule has 4 nitrogen and oxygen atoms in total. The van der Waals surface area contributed by atoms with Gasteiger partial charge >= 0.3 is 6.09 Å². The minimum atomic E-state index is -0.381. The van der Waals surface area contributed by atoms with Crippen molar-refractivity contribution >= 4 is 6.09 Å². The second kappa shape index (κ2) is 10.3. The molecule has 0 radical (unpaired) electrons. The van der Waals surface area contributed by atoms with E-state index in [0.29, 0.717) is 19.1 Å². The maximum Gasteiger partial charge on any atom is 0.407 e. The molecular formula is C20H32N2O2. The third-order valence-electron chi connectivity index (χ3n) is 5.12. The SMILES string of the molecule is CCC[C@@H](C1CCCCC1)[C@H](N)CNC(=O)OCc1ccccc1. The first kappa shape index (κ1) is 18.8. The fraction of sp³-hybridized carbons (Fsp3) is 0.650. The Bertz CT molecular complexity index is 472. The summed E-state index contributed by atoms with van der Waals surface area (Å²) in [5, 5.41) is 2.84. The van der Waals surface area contributed by atoms with Gasteiger partial charge in [-0.1, -0.05) is 75.8 Å². The predicted molar refractivity (Wildman–Crippen MR) is 97.6 cm³/mol. The van der Waals surface area contributed by atoms with Crippen LogP contribution in [0.25, 0.3) is 0 Å². The zero-order valence-corrected chi connectivity index (χ0v) is 14.9. The Labute approximate surface area is 146 Å². The molecule has 0 bridgehead atoms. The lowest BCUT2D eigenvalue weighted by molar-refractivity contribution is 0.135. The van der Waals surface area contributed by atoms with Gasteiger partial charge in [0.15, 0.2) is 0 Å². The van der Waals surface area contributed by atoms with Crippen molar-refractivity contribution in [1.29, 1.82) is 0 Å². The number of rotatable bonds is 8. The summed E-state index contributed by atoms with van der Waals surface area (Å²) >= 11 is 0. The van der Waals surface area contributed by atoms with Gasteiger partial charge < -0.3 is 15.8 Å². The summed E-state index contributed by atoms with van der Waals surface area (Å²) < 4.78 is 5.26. The fourth-order valence-electron chi connectivity index (χ4n) is 3.82. The monoisotopic (exact) mass is 332 g/mol. The second-order valence-corrected chi connectivity index (χ2v) is 6.96. The molecule has 0 spiro atoms. The number of carbonyl (C=O) groups is 1. The molecule has 2 rings (SSSR count). The highest BCUT2D eigenvalue weighted by Crippen LogP contribution is 2.33. The predicted octanol–water partition coefficient (Wildman–Crippen LogP) is 4.24. The van der Waals surface area contributed by atoms with Gasteiger partial charge in [-0.25, -0.2) is 4.79 Å². The average molecular weight is 332 g/mol. The van der Waals surface area contributed by atoms with E-state index in [2.05, 4.69) is 12.2 Å². The molecule has 1 aromatic carbocycles. The molecule has 0 unspecified atom stereocenters. The number of alkyl carbamates (subject to hydrolysis) is 1. The molecule has 1 aliphatic rings. The summed E-state index contributed by atoms with van der Waals surface area (Å²) in [4.78, 5) is 11.9. The van der Waals surface area contributed by atoms with Crippen LogP contribution >= 0.6 is 0 Å². The molecular weight excluding hydrogens is 300 g/mol. The van der Waals surface area contributed by atoms with E-state index in [1.165, 1.54) is 32.1 Å². The Hall–Kier alpha value is -1.55. The van der Waals surface area contributed by atoms with Crippen LogP contribution in [0, 0.1) is 11.8 Å². The van der Waals surface area contributed by atoms with Crippen LogP contribution in [0.4, 0.5) is 4.79 Å². The maximum atomic E-state index is 11.9. The molecule has 1 aromatic rings. The first-order chi connectivity index (χ1) is 11.7. The lowest BCUT2D eigenvalue weighted by Gasteiger charge is -2.34. The highest BCUT2D eigenvalue weighted by Gasteiger charge is 2.28. The average Bonchev–Trinajstić information content (AvgIpc) is 2.64. The van der Waals surface area contributed by atoms with Crippen LogP contribution in [0.15, 0.2) is 30.3 Å². The summed E-state index contributed by atoms with van der Waals surface area (Å²) in [6.07, 6.45) is 8.49. The maximum absolute atomic E-state index is 11.9. The topological polar surface area (TPSA) is 64.3 Å². The number of benzene rings is 1. The summed E-state index contributed by atoms with van der Waals surface area (Å²) in [7, 11) is 0.